The molecule has 2 aromatic rings. The summed E-state index contributed by atoms with van der Waals surface area (Å²) in [5, 5.41) is 9.49. The molecule has 0 bridgehead atoms. The van der Waals surface area contributed by atoms with Crippen molar-refractivity contribution in [3.63, 3.8) is 0 Å². The zero-order valence-electron chi connectivity index (χ0n) is 17.9. The lowest BCUT2D eigenvalue weighted by atomic mass is 10.1. The number of halogens is 1. The summed E-state index contributed by atoms with van der Waals surface area (Å²) in [6.07, 6.45) is 0. The number of nitrogens with zero attached hydrogens (tertiary/aromatic N) is 1. The Morgan fingerprint density at radius 3 is 2.58 bits per heavy atom. The number of hydrogen-bond acceptors (Lipinski definition) is 5. The van der Waals surface area contributed by atoms with E-state index in [1.165, 1.54) is 0 Å². The Bertz CT molecular complexity index is 913. The quantitative estimate of drug-likeness (QED) is 0.579. The number of rotatable bonds is 8. The van der Waals surface area contributed by atoms with Crippen LogP contribution in [0.25, 0.3) is 0 Å². The highest BCUT2D eigenvalue weighted by atomic mass is 35.5. The van der Waals surface area contributed by atoms with Gasteiger partial charge in [-0.05, 0) is 36.2 Å². The van der Waals surface area contributed by atoms with Crippen LogP contribution in [0.3, 0.4) is 0 Å². The zero-order valence-corrected chi connectivity index (χ0v) is 18.7. The van der Waals surface area contributed by atoms with Crippen LogP contribution >= 0.6 is 11.6 Å². The van der Waals surface area contributed by atoms with Crippen LogP contribution in [0, 0.1) is 5.92 Å². The number of nitrogens with one attached hydrogen (secondary N) is 3. The second-order valence-electron chi connectivity index (χ2n) is 7.81. The van der Waals surface area contributed by atoms with Gasteiger partial charge >= 0.3 is 0 Å². The molecule has 1 saturated heterocycles. The van der Waals surface area contributed by atoms with Crippen molar-refractivity contribution in [1.82, 2.24) is 5.32 Å². The van der Waals surface area contributed by atoms with Crippen molar-refractivity contribution in [3.8, 4) is 0 Å². The Balaban J connectivity index is 1.65. The molecule has 0 spiro atoms. The highest BCUT2D eigenvalue weighted by Gasteiger charge is 2.17. The first-order valence-corrected chi connectivity index (χ1v) is 10.8. The van der Waals surface area contributed by atoms with E-state index in [9.17, 15) is 9.59 Å². The third-order valence-electron chi connectivity index (χ3n) is 4.87. The maximum atomic E-state index is 12.6. The summed E-state index contributed by atoms with van der Waals surface area (Å²) in [6, 6.07) is 12.6. The molecule has 7 nitrogen and oxygen atoms in total. The molecule has 0 unspecified atom stereocenters. The number of para-hydroxylation sites is 1. The Morgan fingerprint density at radius 2 is 1.84 bits per heavy atom. The van der Waals surface area contributed by atoms with Crippen molar-refractivity contribution in [3.05, 3.63) is 53.1 Å². The Kier molecular flexibility index (Phi) is 8.14. The Hall–Kier alpha value is -2.77. The third kappa shape index (κ3) is 6.60. The number of benzene rings is 2. The van der Waals surface area contributed by atoms with Crippen LogP contribution in [0.1, 0.15) is 24.2 Å². The van der Waals surface area contributed by atoms with Crippen LogP contribution in [-0.2, 0) is 9.53 Å². The summed E-state index contributed by atoms with van der Waals surface area (Å²) in [5.74, 6) is -0.118. The fraction of sp³-hybridized carbons (Fsp3) is 0.391. The molecule has 3 rings (SSSR count). The van der Waals surface area contributed by atoms with Gasteiger partial charge in [-0.25, -0.2) is 0 Å². The van der Waals surface area contributed by atoms with Crippen LogP contribution in [0.2, 0.25) is 5.02 Å². The molecule has 8 heteroatoms. The normalized spacial score (nSPS) is 13.7. The second kappa shape index (κ2) is 11.0. The summed E-state index contributed by atoms with van der Waals surface area (Å²) in [6.45, 7) is 7.56. The van der Waals surface area contributed by atoms with E-state index in [1.54, 1.807) is 24.3 Å². The Labute approximate surface area is 188 Å². The predicted molar refractivity (Wildman–Crippen MR) is 125 cm³/mol. The van der Waals surface area contributed by atoms with Gasteiger partial charge in [0.05, 0.1) is 42.4 Å². The number of morpholine rings is 1. The topological polar surface area (TPSA) is 82.7 Å². The molecule has 2 aromatic carbocycles. The third-order valence-corrected chi connectivity index (χ3v) is 5.10. The minimum Gasteiger partial charge on any atom is -0.378 e. The molecule has 1 aliphatic heterocycles. The highest BCUT2D eigenvalue weighted by Crippen LogP contribution is 2.29. The second-order valence-corrected chi connectivity index (χ2v) is 8.25. The van der Waals surface area contributed by atoms with Crippen LogP contribution in [0.4, 0.5) is 17.1 Å². The van der Waals surface area contributed by atoms with Gasteiger partial charge in [-0.1, -0.05) is 37.6 Å². The summed E-state index contributed by atoms with van der Waals surface area (Å²) >= 11 is 6.18. The lowest BCUT2D eigenvalue weighted by Crippen LogP contribution is -2.36. The lowest BCUT2D eigenvalue weighted by molar-refractivity contribution is -0.114. The first kappa shape index (κ1) is 22.9. The molecule has 1 fully saturated rings. The summed E-state index contributed by atoms with van der Waals surface area (Å²) in [7, 11) is 0. The number of hydrogen-bond donors (Lipinski definition) is 3. The summed E-state index contributed by atoms with van der Waals surface area (Å²) in [5.41, 5.74) is 2.68. The number of amides is 2. The molecule has 166 valence electrons. The van der Waals surface area contributed by atoms with E-state index in [2.05, 4.69) is 20.9 Å². The van der Waals surface area contributed by atoms with Crippen molar-refractivity contribution < 1.29 is 14.3 Å². The van der Waals surface area contributed by atoms with Gasteiger partial charge in [0.15, 0.2) is 0 Å². The number of carbonyl (C=O) groups is 2. The van der Waals surface area contributed by atoms with E-state index < -0.39 is 0 Å². The van der Waals surface area contributed by atoms with Crippen molar-refractivity contribution in [1.29, 1.82) is 0 Å². The van der Waals surface area contributed by atoms with Gasteiger partial charge in [0.2, 0.25) is 5.91 Å². The number of carbonyl (C=O) groups excluding carboxylic acids is 2. The van der Waals surface area contributed by atoms with E-state index in [0.717, 1.165) is 24.5 Å². The molecule has 1 aliphatic rings. The standard InChI is InChI=1S/C23H29ClN4O3/c1-16(2)14-26-23(30)18-5-3-4-6-19(18)27-22(29)15-25-20-13-17(24)7-8-21(20)28-9-11-31-12-10-28/h3-8,13,16,25H,9-12,14-15H2,1-2H3,(H,26,30)(H,27,29). The number of ether oxygens (including phenoxy) is 1. The summed E-state index contributed by atoms with van der Waals surface area (Å²) < 4.78 is 5.43. The smallest absolute Gasteiger partial charge is 0.253 e. The molecule has 0 atom stereocenters. The van der Waals surface area contributed by atoms with E-state index in [4.69, 9.17) is 16.3 Å². The summed E-state index contributed by atoms with van der Waals surface area (Å²) in [4.78, 5) is 27.3. The molecule has 2 amide bonds. The van der Waals surface area contributed by atoms with Crippen LogP contribution in [0.5, 0.6) is 0 Å². The van der Waals surface area contributed by atoms with Gasteiger partial charge in [0, 0.05) is 24.7 Å². The molecular weight excluding hydrogens is 416 g/mol. The highest BCUT2D eigenvalue weighted by molar-refractivity contribution is 6.31. The van der Waals surface area contributed by atoms with Crippen LogP contribution in [-0.4, -0.2) is 51.2 Å². The van der Waals surface area contributed by atoms with Crippen molar-refractivity contribution >= 4 is 40.5 Å². The lowest BCUT2D eigenvalue weighted by Gasteiger charge is -2.30. The van der Waals surface area contributed by atoms with Gasteiger partial charge < -0.3 is 25.6 Å². The fourth-order valence-corrected chi connectivity index (χ4v) is 3.45. The first-order chi connectivity index (χ1) is 14.9. The van der Waals surface area contributed by atoms with E-state index in [1.807, 2.05) is 32.0 Å². The maximum absolute atomic E-state index is 12.6. The minimum absolute atomic E-state index is 0.0413. The van der Waals surface area contributed by atoms with Gasteiger partial charge in [0.1, 0.15) is 0 Å². The average molecular weight is 445 g/mol. The number of anilines is 3. The van der Waals surface area contributed by atoms with Gasteiger partial charge in [-0.15, -0.1) is 0 Å². The molecule has 0 aliphatic carbocycles. The molecule has 0 radical (unpaired) electrons. The molecule has 1 heterocycles. The Morgan fingerprint density at radius 1 is 1.10 bits per heavy atom. The molecule has 0 saturated carbocycles. The SMILES string of the molecule is CC(C)CNC(=O)c1ccccc1NC(=O)CNc1cc(Cl)ccc1N1CCOCC1. The molecule has 31 heavy (non-hydrogen) atoms. The van der Waals surface area contributed by atoms with Crippen molar-refractivity contribution in [2.45, 2.75) is 13.8 Å². The molecule has 3 N–H and O–H groups in total. The van der Waals surface area contributed by atoms with Crippen molar-refractivity contribution in [2.75, 3.05) is 54.9 Å². The van der Waals surface area contributed by atoms with Gasteiger partial charge in [0.25, 0.3) is 5.91 Å². The zero-order chi connectivity index (χ0) is 22.2. The van der Waals surface area contributed by atoms with Crippen LogP contribution < -0.4 is 20.9 Å². The predicted octanol–water partition coefficient (Wildman–Crippen LogP) is 3.61. The maximum Gasteiger partial charge on any atom is 0.253 e. The fourth-order valence-electron chi connectivity index (χ4n) is 3.28. The largest absolute Gasteiger partial charge is 0.378 e. The average Bonchev–Trinajstić information content (AvgIpc) is 2.77. The van der Waals surface area contributed by atoms with E-state index >= 15 is 0 Å². The van der Waals surface area contributed by atoms with Crippen molar-refractivity contribution in [2.24, 2.45) is 5.92 Å². The van der Waals surface area contributed by atoms with Gasteiger partial charge in [-0.3, -0.25) is 9.59 Å². The van der Waals surface area contributed by atoms with E-state index in [-0.39, 0.29) is 18.4 Å². The molecular formula is C23H29ClN4O3. The first-order valence-electron chi connectivity index (χ1n) is 10.5. The monoisotopic (exact) mass is 444 g/mol. The van der Waals surface area contributed by atoms with E-state index in [0.29, 0.717) is 41.9 Å². The van der Waals surface area contributed by atoms with Gasteiger partial charge in [-0.2, -0.15) is 0 Å². The molecule has 0 aromatic heterocycles. The van der Waals surface area contributed by atoms with Crippen LogP contribution in [0.15, 0.2) is 42.5 Å². The minimum atomic E-state index is -0.253.